The number of anilines is 1. The van der Waals surface area contributed by atoms with Gasteiger partial charge in [0.05, 0.1) is 25.5 Å². The third kappa shape index (κ3) is 6.86. The van der Waals surface area contributed by atoms with Gasteiger partial charge in [-0.3, -0.25) is 0 Å². The lowest BCUT2D eigenvalue weighted by Gasteiger charge is -2.10. The molecule has 0 saturated heterocycles. The molecule has 0 aromatic heterocycles. The van der Waals surface area contributed by atoms with Crippen LogP contribution < -0.4 is 20.5 Å². The van der Waals surface area contributed by atoms with E-state index in [1.807, 2.05) is 30.3 Å². The number of halogens is 1. The number of guanidine groups is 1. The molecule has 0 fully saturated rings. The number of ether oxygens (including phenoxy) is 2. The Morgan fingerprint density at radius 3 is 2.39 bits per heavy atom. The van der Waals surface area contributed by atoms with Gasteiger partial charge in [-0.05, 0) is 23.3 Å². The highest BCUT2D eigenvalue weighted by Crippen LogP contribution is 2.32. The van der Waals surface area contributed by atoms with E-state index >= 15 is 0 Å². The summed E-state index contributed by atoms with van der Waals surface area (Å²) in [5.41, 5.74) is 8.42. The van der Waals surface area contributed by atoms with Gasteiger partial charge in [0.1, 0.15) is 0 Å². The fourth-order valence-corrected chi connectivity index (χ4v) is 3.45. The second-order valence-electron chi connectivity index (χ2n) is 6.43. The molecule has 0 spiro atoms. The zero-order valence-corrected chi connectivity index (χ0v) is 18.7. The Kier molecular flexibility index (Phi) is 7.93. The number of hydrogen-bond acceptors (Lipinski definition) is 5. The zero-order chi connectivity index (χ0) is 19.3. The lowest BCUT2D eigenvalue weighted by atomic mass is 10.1. The maximum Gasteiger partial charge on any atom is 0.193 e. The van der Waals surface area contributed by atoms with Gasteiger partial charge in [0, 0.05) is 24.4 Å². The minimum atomic E-state index is -3.04. The number of rotatable bonds is 5. The SMILES string of the molecule is CS(=O)(=O)Cc1ccc(CN=C(N)Nc2ccc3c(c2)OCCCO3)cc1.I. The van der Waals surface area contributed by atoms with Gasteiger partial charge < -0.3 is 20.5 Å². The summed E-state index contributed by atoms with van der Waals surface area (Å²) in [5, 5.41) is 3.04. The van der Waals surface area contributed by atoms with Crippen LogP contribution in [0.1, 0.15) is 17.5 Å². The lowest BCUT2D eigenvalue weighted by molar-refractivity contribution is 0.297. The normalized spacial score (nSPS) is 14.0. The van der Waals surface area contributed by atoms with E-state index in [2.05, 4.69) is 10.3 Å². The van der Waals surface area contributed by atoms with Crippen LogP contribution in [0, 0.1) is 0 Å². The first-order chi connectivity index (χ1) is 12.9. The van der Waals surface area contributed by atoms with Crippen LogP contribution in [0.4, 0.5) is 5.69 Å². The zero-order valence-electron chi connectivity index (χ0n) is 15.6. The predicted molar refractivity (Wildman–Crippen MR) is 121 cm³/mol. The van der Waals surface area contributed by atoms with E-state index in [9.17, 15) is 8.42 Å². The van der Waals surface area contributed by atoms with Crippen molar-refractivity contribution in [2.45, 2.75) is 18.7 Å². The largest absolute Gasteiger partial charge is 0.490 e. The standard InChI is InChI=1S/C19H23N3O4S.HI/c1-27(23,24)13-15-5-3-14(4-6-15)12-21-19(20)22-16-7-8-17-18(11-16)26-10-2-9-25-17;/h3-8,11H,2,9-10,12-13H2,1H3,(H3,20,21,22);1H. The van der Waals surface area contributed by atoms with E-state index in [1.165, 1.54) is 6.26 Å². The van der Waals surface area contributed by atoms with Crippen LogP contribution in [0.3, 0.4) is 0 Å². The summed E-state index contributed by atoms with van der Waals surface area (Å²) < 4.78 is 33.9. The number of nitrogens with one attached hydrogen (secondary N) is 1. The van der Waals surface area contributed by atoms with Crippen molar-refractivity contribution in [3.63, 3.8) is 0 Å². The maximum atomic E-state index is 11.3. The summed E-state index contributed by atoms with van der Waals surface area (Å²) in [6.45, 7) is 1.66. The Morgan fingerprint density at radius 1 is 1.07 bits per heavy atom. The molecule has 9 heteroatoms. The smallest absolute Gasteiger partial charge is 0.193 e. The van der Waals surface area contributed by atoms with E-state index in [0.717, 1.165) is 29.0 Å². The molecule has 0 radical (unpaired) electrons. The molecule has 3 N–H and O–H groups in total. The second-order valence-corrected chi connectivity index (χ2v) is 8.57. The Balaban J connectivity index is 0.00000280. The molecular formula is C19H24IN3O4S. The minimum Gasteiger partial charge on any atom is -0.490 e. The molecule has 0 aliphatic carbocycles. The van der Waals surface area contributed by atoms with Crippen LogP contribution in [0.5, 0.6) is 11.5 Å². The third-order valence-electron chi connectivity index (χ3n) is 3.90. The second kappa shape index (κ2) is 9.97. The molecule has 2 aromatic carbocycles. The van der Waals surface area contributed by atoms with Gasteiger partial charge in [0.2, 0.25) is 0 Å². The van der Waals surface area contributed by atoms with E-state index in [4.69, 9.17) is 15.2 Å². The molecule has 0 amide bonds. The summed E-state index contributed by atoms with van der Waals surface area (Å²) in [5.74, 6) is 1.73. The van der Waals surface area contributed by atoms with Crippen molar-refractivity contribution in [1.82, 2.24) is 0 Å². The van der Waals surface area contributed by atoms with Gasteiger partial charge >= 0.3 is 0 Å². The first-order valence-corrected chi connectivity index (χ1v) is 10.7. The Morgan fingerprint density at radius 2 is 1.71 bits per heavy atom. The van der Waals surface area contributed by atoms with Crippen molar-refractivity contribution < 1.29 is 17.9 Å². The topological polar surface area (TPSA) is 103 Å². The van der Waals surface area contributed by atoms with Crippen molar-refractivity contribution in [3.8, 4) is 11.5 Å². The van der Waals surface area contributed by atoms with Gasteiger partial charge in [-0.1, -0.05) is 24.3 Å². The molecule has 1 aliphatic heterocycles. The van der Waals surface area contributed by atoms with Gasteiger partial charge in [-0.2, -0.15) is 0 Å². The van der Waals surface area contributed by atoms with E-state index in [1.54, 1.807) is 12.1 Å². The van der Waals surface area contributed by atoms with Gasteiger partial charge in [0.15, 0.2) is 27.3 Å². The van der Waals surface area contributed by atoms with Crippen LogP contribution >= 0.6 is 24.0 Å². The van der Waals surface area contributed by atoms with E-state index in [-0.39, 0.29) is 35.7 Å². The summed E-state index contributed by atoms with van der Waals surface area (Å²) in [4.78, 5) is 4.32. The van der Waals surface area contributed by atoms with Crippen LogP contribution in [0.25, 0.3) is 0 Å². The maximum absolute atomic E-state index is 11.3. The van der Waals surface area contributed by atoms with Gasteiger partial charge in [0.25, 0.3) is 0 Å². The van der Waals surface area contributed by atoms with E-state index < -0.39 is 9.84 Å². The van der Waals surface area contributed by atoms with Crippen LogP contribution in [-0.2, 0) is 22.1 Å². The predicted octanol–water partition coefficient (Wildman–Crippen LogP) is 2.94. The molecule has 1 aliphatic rings. The molecule has 7 nitrogen and oxygen atoms in total. The number of fused-ring (bicyclic) bond motifs is 1. The first-order valence-electron chi connectivity index (χ1n) is 8.61. The van der Waals surface area contributed by atoms with Crippen LogP contribution in [-0.4, -0.2) is 33.8 Å². The molecule has 28 heavy (non-hydrogen) atoms. The summed E-state index contributed by atoms with van der Waals surface area (Å²) >= 11 is 0. The molecule has 0 bridgehead atoms. The summed E-state index contributed by atoms with van der Waals surface area (Å²) in [6.07, 6.45) is 2.07. The molecule has 3 rings (SSSR count). The minimum absolute atomic E-state index is 0. The highest BCUT2D eigenvalue weighted by Gasteiger charge is 2.11. The molecular weight excluding hydrogens is 493 g/mol. The fraction of sp³-hybridized carbons (Fsp3) is 0.316. The third-order valence-corrected chi connectivity index (χ3v) is 4.76. The molecule has 1 heterocycles. The average molecular weight is 517 g/mol. The molecule has 2 aromatic rings. The van der Waals surface area contributed by atoms with Crippen molar-refractivity contribution in [3.05, 3.63) is 53.6 Å². The number of hydrogen-bond donors (Lipinski definition) is 2. The number of nitrogens with zero attached hydrogens (tertiary/aromatic N) is 1. The lowest BCUT2D eigenvalue weighted by Crippen LogP contribution is -2.22. The van der Waals surface area contributed by atoms with Crippen LogP contribution in [0.15, 0.2) is 47.5 Å². The van der Waals surface area contributed by atoms with Crippen molar-refractivity contribution in [2.24, 2.45) is 10.7 Å². The highest BCUT2D eigenvalue weighted by molar-refractivity contribution is 14.0. The fourth-order valence-electron chi connectivity index (χ4n) is 2.65. The molecule has 0 saturated carbocycles. The highest BCUT2D eigenvalue weighted by atomic mass is 127. The van der Waals surface area contributed by atoms with Crippen molar-refractivity contribution in [1.29, 1.82) is 0 Å². The van der Waals surface area contributed by atoms with Crippen LogP contribution in [0.2, 0.25) is 0 Å². The number of aliphatic imine (C=N–C) groups is 1. The van der Waals surface area contributed by atoms with Gasteiger partial charge in [-0.15, -0.1) is 24.0 Å². The number of benzene rings is 2. The molecule has 0 atom stereocenters. The quantitative estimate of drug-likeness (QED) is 0.359. The average Bonchev–Trinajstić information content (AvgIpc) is 2.85. The Hall–Kier alpha value is -2.01. The van der Waals surface area contributed by atoms with E-state index in [0.29, 0.717) is 25.5 Å². The number of nitrogens with two attached hydrogens (primary N) is 1. The summed E-state index contributed by atoms with van der Waals surface area (Å²) in [7, 11) is -3.04. The van der Waals surface area contributed by atoms with Crippen molar-refractivity contribution in [2.75, 3.05) is 24.8 Å². The first kappa shape index (κ1) is 22.3. The summed E-state index contributed by atoms with van der Waals surface area (Å²) in [6, 6.07) is 12.8. The molecule has 152 valence electrons. The monoisotopic (exact) mass is 517 g/mol. The van der Waals surface area contributed by atoms with Crippen molar-refractivity contribution >= 4 is 45.5 Å². The Bertz CT molecular complexity index is 931. The number of sulfone groups is 1. The Labute approximate surface area is 182 Å². The van der Waals surface area contributed by atoms with Gasteiger partial charge in [-0.25, -0.2) is 13.4 Å². The molecule has 0 unspecified atom stereocenters.